The maximum Gasteiger partial charge on any atom is 0.319 e. The van der Waals surface area contributed by atoms with Crippen molar-refractivity contribution < 1.29 is 9.59 Å². The third kappa shape index (κ3) is 5.82. The van der Waals surface area contributed by atoms with Gasteiger partial charge in [0.05, 0.1) is 24.7 Å². The molecule has 8 nitrogen and oxygen atoms in total. The van der Waals surface area contributed by atoms with Gasteiger partial charge in [0.25, 0.3) is 0 Å². The quantitative estimate of drug-likeness (QED) is 0.638. The molecule has 1 aliphatic carbocycles. The van der Waals surface area contributed by atoms with E-state index in [-0.39, 0.29) is 11.9 Å². The minimum absolute atomic E-state index is 0.0826. The Morgan fingerprint density at radius 3 is 2.45 bits per heavy atom. The number of carbonyl (C=O) groups excluding carboxylic acids is 2. The Morgan fingerprint density at radius 2 is 1.83 bits per heavy atom. The number of nitrogens with zero attached hydrogens (tertiary/aromatic N) is 3. The largest absolute Gasteiger partial charge is 0.335 e. The average Bonchev–Trinajstić information content (AvgIpc) is 3.45. The summed E-state index contributed by atoms with van der Waals surface area (Å²) in [6.07, 6.45) is 3.43. The fourth-order valence-electron chi connectivity index (χ4n) is 3.15. The fourth-order valence-corrected chi connectivity index (χ4v) is 3.15. The highest BCUT2D eigenvalue weighted by Gasteiger charge is 2.23. The number of amides is 3. The molecule has 0 radical (unpaired) electrons. The van der Waals surface area contributed by atoms with Crippen LogP contribution in [0.1, 0.15) is 42.6 Å². The van der Waals surface area contributed by atoms with Crippen molar-refractivity contribution >= 4 is 23.3 Å². The summed E-state index contributed by atoms with van der Waals surface area (Å²) in [4.78, 5) is 24.1. The molecule has 0 aliphatic heterocycles. The molecule has 3 rings (SSSR count). The average molecular weight is 394 g/mol. The Kier molecular flexibility index (Phi) is 6.50. The van der Waals surface area contributed by atoms with Crippen LogP contribution in [0.25, 0.3) is 0 Å². The van der Waals surface area contributed by atoms with Crippen molar-refractivity contribution in [1.82, 2.24) is 15.1 Å². The molecule has 152 valence electrons. The summed E-state index contributed by atoms with van der Waals surface area (Å²) < 4.78 is 1.83. The first kappa shape index (κ1) is 20.4. The van der Waals surface area contributed by atoms with E-state index in [1.807, 2.05) is 18.5 Å². The van der Waals surface area contributed by atoms with E-state index in [9.17, 15) is 9.59 Å². The first-order valence-corrected chi connectivity index (χ1v) is 9.83. The third-order valence-electron chi connectivity index (χ3n) is 4.91. The summed E-state index contributed by atoms with van der Waals surface area (Å²) in [6.45, 7) is 4.46. The molecule has 2 aromatic rings. The molecule has 0 atom stereocenters. The van der Waals surface area contributed by atoms with E-state index in [2.05, 4.69) is 27.1 Å². The number of nitrogens with one attached hydrogen (secondary N) is 3. The van der Waals surface area contributed by atoms with Crippen molar-refractivity contribution in [2.75, 3.05) is 10.6 Å². The van der Waals surface area contributed by atoms with Gasteiger partial charge in [-0.25, -0.2) is 4.79 Å². The molecule has 3 N–H and O–H groups in total. The van der Waals surface area contributed by atoms with Gasteiger partial charge in [-0.3, -0.25) is 9.48 Å². The minimum Gasteiger partial charge on any atom is -0.335 e. The number of benzene rings is 1. The van der Waals surface area contributed by atoms with Gasteiger partial charge in [0.15, 0.2) is 0 Å². The van der Waals surface area contributed by atoms with Gasteiger partial charge in [0.1, 0.15) is 0 Å². The van der Waals surface area contributed by atoms with Crippen LogP contribution in [0.5, 0.6) is 0 Å². The Labute approximate surface area is 170 Å². The predicted molar refractivity (Wildman–Crippen MR) is 111 cm³/mol. The second-order valence-electron chi connectivity index (χ2n) is 7.28. The molecule has 0 unspecified atom stereocenters. The number of aromatic nitrogens is 2. The zero-order chi connectivity index (χ0) is 20.8. The molecule has 3 amide bonds. The summed E-state index contributed by atoms with van der Waals surface area (Å²) in [7, 11) is 0. The number of anilines is 2. The lowest BCUT2D eigenvalue weighted by molar-refractivity contribution is -0.116. The molecule has 29 heavy (non-hydrogen) atoms. The number of rotatable bonds is 8. The lowest BCUT2D eigenvalue weighted by atomic mass is 10.1. The molecule has 1 saturated carbocycles. The van der Waals surface area contributed by atoms with Crippen LogP contribution in [0.4, 0.5) is 16.2 Å². The molecular weight excluding hydrogens is 368 g/mol. The van der Waals surface area contributed by atoms with Crippen LogP contribution in [-0.4, -0.2) is 27.8 Å². The van der Waals surface area contributed by atoms with Gasteiger partial charge in [0.2, 0.25) is 5.91 Å². The summed E-state index contributed by atoms with van der Waals surface area (Å²) in [5.74, 6) is -0.0826. The van der Waals surface area contributed by atoms with Crippen LogP contribution < -0.4 is 16.0 Å². The van der Waals surface area contributed by atoms with Crippen molar-refractivity contribution in [3.8, 4) is 6.07 Å². The maximum absolute atomic E-state index is 12.3. The highest BCUT2D eigenvalue weighted by molar-refractivity contribution is 5.92. The van der Waals surface area contributed by atoms with E-state index < -0.39 is 0 Å². The summed E-state index contributed by atoms with van der Waals surface area (Å²) >= 11 is 0. The molecule has 0 bridgehead atoms. The Morgan fingerprint density at radius 1 is 1.17 bits per heavy atom. The molecule has 1 aromatic heterocycles. The van der Waals surface area contributed by atoms with Crippen molar-refractivity contribution in [3.63, 3.8) is 0 Å². The number of nitriles is 1. The van der Waals surface area contributed by atoms with Crippen LogP contribution in [0, 0.1) is 25.2 Å². The summed E-state index contributed by atoms with van der Waals surface area (Å²) in [5, 5.41) is 21.7. The smallest absolute Gasteiger partial charge is 0.319 e. The van der Waals surface area contributed by atoms with E-state index in [4.69, 9.17) is 5.26 Å². The SMILES string of the molecule is Cc1nn(CCC#N)c(C)c1CCC(=O)Nc1ccc(NC(=O)NC2CC2)cc1. The highest BCUT2D eigenvalue weighted by atomic mass is 16.2. The van der Waals surface area contributed by atoms with Crippen molar-refractivity contribution in [3.05, 3.63) is 41.2 Å². The van der Waals surface area contributed by atoms with Gasteiger partial charge in [0, 0.05) is 29.5 Å². The Bertz CT molecular complexity index is 922. The molecule has 1 heterocycles. The number of aryl methyl sites for hydroxylation is 2. The highest BCUT2D eigenvalue weighted by Crippen LogP contribution is 2.20. The Hall–Kier alpha value is -3.34. The molecule has 1 aromatic carbocycles. The molecule has 1 fully saturated rings. The van der Waals surface area contributed by atoms with Gasteiger partial charge >= 0.3 is 6.03 Å². The van der Waals surface area contributed by atoms with E-state index in [1.54, 1.807) is 24.3 Å². The van der Waals surface area contributed by atoms with Crippen LogP contribution >= 0.6 is 0 Å². The van der Waals surface area contributed by atoms with Crippen LogP contribution in [0.3, 0.4) is 0 Å². The zero-order valence-corrected chi connectivity index (χ0v) is 16.8. The molecule has 8 heteroatoms. The first-order valence-electron chi connectivity index (χ1n) is 9.83. The number of urea groups is 1. The topological polar surface area (TPSA) is 112 Å². The van der Waals surface area contributed by atoms with Crippen LogP contribution in [0.15, 0.2) is 24.3 Å². The zero-order valence-electron chi connectivity index (χ0n) is 16.8. The van der Waals surface area contributed by atoms with Gasteiger partial charge < -0.3 is 16.0 Å². The van der Waals surface area contributed by atoms with Crippen molar-refractivity contribution in [2.45, 2.75) is 58.5 Å². The first-order chi connectivity index (χ1) is 14.0. The second-order valence-corrected chi connectivity index (χ2v) is 7.28. The monoisotopic (exact) mass is 394 g/mol. The number of hydrogen-bond donors (Lipinski definition) is 3. The van der Waals surface area contributed by atoms with E-state index in [0.717, 1.165) is 29.8 Å². The maximum atomic E-state index is 12.3. The van der Waals surface area contributed by atoms with Gasteiger partial charge in [-0.2, -0.15) is 10.4 Å². The number of carbonyl (C=O) groups is 2. The van der Waals surface area contributed by atoms with E-state index >= 15 is 0 Å². The van der Waals surface area contributed by atoms with Crippen molar-refractivity contribution in [1.29, 1.82) is 5.26 Å². The van der Waals surface area contributed by atoms with Crippen LogP contribution in [0.2, 0.25) is 0 Å². The van der Waals surface area contributed by atoms with Crippen molar-refractivity contribution in [2.24, 2.45) is 0 Å². The summed E-state index contributed by atoms with van der Waals surface area (Å²) in [5.41, 5.74) is 4.32. The molecule has 1 aliphatic rings. The van der Waals surface area contributed by atoms with Gasteiger partial charge in [-0.15, -0.1) is 0 Å². The summed E-state index contributed by atoms with van der Waals surface area (Å²) in [6, 6.07) is 9.27. The lowest BCUT2D eigenvalue weighted by Crippen LogP contribution is -2.30. The van der Waals surface area contributed by atoms with Gasteiger partial charge in [-0.1, -0.05) is 0 Å². The second kappa shape index (κ2) is 9.24. The normalized spacial score (nSPS) is 12.9. The molecule has 0 spiro atoms. The third-order valence-corrected chi connectivity index (χ3v) is 4.91. The molecule has 0 saturated heterocycles. The standard InChI is InChI=1S/C21H26N6O2/c1-14-19(15(2)27(26-14)13-3-12-22)10-11-20(28)23-16-4-6-17(7-5-16)24-21(29)25-18-8-9-18/h4-7,18H,3,8-11,13H2,1-2H3,(H,23,28)(H2,24,25,29). The fraction of sp³-hybridized carbons (Fsp3) is 0.429. The predicted octanol–water partition coefficient (Wildman–Crippen LogP) is 3.27. The molecular formula is C21H26N6O2. The number of hydrogen-bond acceptors (Lipinski definition) is 4. The van der Waals surface area contributed by atoms with E-state index in [1.165, 1.54) is 0 Å². The van der Waals surface area contributed by atoms with Crippen LogP contribution in [-0.2, 0) is 17.8 Å². The Balaban J connectivity index is 1.48. The lowest BCUT2D eigenvalue weighted by Gasteiger charge is -2.09. The van der Waals surface area contributed by atoms with E-state index in [0.29, 0.717) is 43.2 Å². The van der Waals surface area contributed by atoms with Gasteiger partial charge in [-0.05, 0) is 62.9 Å². The minimum atomic E-state index is -0.203.